The van der Waals surface area contributed by atoms with Crippen molar-refractivity contribution in [1.82, 2.24) is 19.5 Å². The van der Waals surface area contributed by atoms with Crippen LogP contribution in [0.5, 0.6) is 11.5 Å². The van der Waals surface area contributed by atoms with Crippen molar-refractivity contribution in [1.29, 1.82) is 0 Å². The number of fused-ring (bicyclic) bond motifs is 1. The highest BCUT2D eigenvalue weighted by atomic mass is 16.5. The summed E-state index contributed by atoms with van der Waals surface area (Å²) in [6.07, 6.45) is 3.14. The van der Waals surface area contributed by atoms with Gasteiger partial charge in [-0.05, 0) is 37.3 Å². The zero-order chi connectivity index (χ0) is 22.7. The molecule has 3 N–H and O–H groups in total. The van der Waals surface area contributed by atoms with Crippen molar-refractivity contribution < 1.29 is 9.47 Å². The Morgan fingerprint density at radius 2 is 1.94 bits per heavy atom. The Bertz CT molecular complexity index is 1320. The summed E-state index contributed by atoms with van der Waals surface area (Å²) >= 11 is 0. The van der Waals surface area contributed by atoms with Crippen LogP contribution >= 0.6 is 0 Å². The minimum absolute atomic E-state index is 0.0164. The highest BCUT2D eigenvalue weighted by Crippen LogP contribution is 2.27. The van der Waals surface area contributed by atoms with E-state index in [2.05, 4.69) is 20.3 Å². The quantitative estimate of drug-likeness (QED) is 0.457. The van der Waals surface area contributed by atoms with Gasteiger partial charge in [0.15, 0.2) is 0 Å². The molecule has 0 fully saturated rings. The van der Waals surface area contributed by atoms with E-state index in [0.29, 0.717) is 41.1 Å². The van der Waals surface area contributed by atoms with Crippen LogP contribution in [0.3, 0.4) is 0 Å². The lowest BCUT2D eigenvalue weighted by Crippen LogP contribution is -2.29. The van der Waals surface area contributed by atoms with E-state index in [9.17, 15) is 4.79 Å². The molecule has 3 heterocycles. The van der Waals surface area contributed by atoms with E-state index in [1.165, 1.54) is 4.57 Å². The zero-order valence-corrected chi connectivity index (χ0v) is 18.1. The van der Waals surface area contributed by atoms with Crippen LogP contribution in [0.25, 0.3) is 22.2 Å². The number of nitrogens with zero attached hydrogens (tertiary/aromatic N) is 4. The highest BCUT2D eigenvalue weighted by Gasteiger charge is 2.13. The molecule has 0 saturated heterocycles. The summed E-state index contributed by atoms with van der Waals surface area (Å²) in [6.45, 7) is 2.46. The SMILES string of the molecule is COC[C@@H](C)Nc1ncc(-c2ccc3cc(Oc4ccnc(N)c4)ccc3n2)c(=O)n1C. The zero-order valence-electron chi connectivity index (χ0n) is 18.1. The van der Waals surface area contributed by atoms with Gasteiger partial charge in [-0.1, -0.05) is 6.07 Å². The van der Waals surface area contributed by atoms with Gasteiger partial charge >= 0.3 is 0 Å². The topological polar surface area (TPSA) is 117 Å². The normalized spacial score (nSPS) is 12.0. The van der Waals surface area contributed by atoms with Gasteiger partial charge in [-0.15, -0.1) is 0 Å². The Hall–Kier alpha value is -3.98. The van der Waals surface area contributed by atoms with Crippen molar-refractivity contribution in [2.24, 2.45) is 7.05 Å². The fourth-order valence-corrected chi connectivity index (χ4v) is 3.31. The van der Waals surface area contributed by atoms with Crippen LogP contribution in [-0.4, -0.2) is 39.3 Å². The van der Waals surface area contributed by atoms with Gasteiger partial charge in [0.2, 0.25) is 5.95 Å². The summed E-state index contributed by atoms with van der Waals surface area (Å²) in [4.78, 5) is 25.9. The number of ether oxygens (including phenoxy) is 2. The fraction of sp³-hybridized carbons (Fsp3) is 0.217. The second-order valence-corrected chi connectivity index (χ2v) is 7.43. The first-order valence-corrected chi connectivity index (χ1v) is 10.1. The van der Waals surface area contributed by atoms with Crippen molar-refractivity contribution in [3.05, 3.63) is 65.2 Å². The van der Waals surface area contributed by atoms with Gasteiger partial charge in [0, 0.05) is 44.0 Å². The number of nitrogens with two attached hydrogens (primary N) is 1. The molecule has 0 saturated carbocycles. The molecular formula is C23H24N6O3. The molecule has 0 aliphatic heterocycles. The first-order valence-electron chi connectivity index (χ1n) is 10.1. The molecule has 4 rings (SSSR count). The van der Waals surface area contributed by atoms with Crippen molar-refractivity contribution in [3.63, 3.8) is 0 Å². The van der Waals surface area contributed by atoms with Crippen molar-refractivity contribution >= 4 is 22.7 Å². The van der Waals surface area contributed by atoms with Gasteiger partial charge < -0.3 is 20.5 Å². The number of benzene rings is 1. The standard InChI is InChI=1S/C23H24N6O3/c1-14(13-31-3)27-23-26-12-18(22(30)29(23)2)20-6-4-15-10-16(5-7-19(15)28-20)32-17-8-9-25-21(24)11-17/h4-12,14H,13H2,1-3H3,(H2,24,25)(H,26,27)/t14-/m1/s1. The number of hydrogen-bond acceptors (Lipinski definition) is 8. The lowest BCUT2D eigenvalue weighted by molar-refractivity contribution is 0.190. The van der Waals surface area contributed by atoms with E-state index in [1.54, 1.807) is 44.8 Å². The number of nitrogens with one attached hydrogen (secondary N) is 1. The van der Waals surface area contributed by atoms with Gasteiger partial charge in [0.05, 0.1) is 23.4 Å². The second kappa shape index (κ2) is 9.03. The lowest BCUT2D eigenvalue weighted by atomic mass is 10.1. The number of nitrogen functional groups attached to an aromatic ring is 1. The molecule has 164 valence electrons. The van der Waals surface area contributed by atoms with E-state index in [1.807, 2.05) is 31.2 Å². The Labute approximate surface area is 184 Å². The Balaban J connectivity index is 1.61. The minimum Gasteiger partial charge on any atom is -0.457 e. The number of anilines is 2. The monoisotopic (exact) mass is 432 g/mol. The molecule has 0 spiro atoms. The van der Waals surface area contributed by atoms with Crippen LogP contribution in [0, 0.1) is 0 Å². The molecule has 0 aliphatic carbocycles. The summed E-state index contributed by atoms with van der Waals surface area (Å²) in [5.41, 5.74) is 7.23. The maximum atomic E-state index is 12.9. The third-order valence-electron chi connectivity index (χ3n) is 4.89. The van der Waals surface area contributed by atoms with Crippen molar-refractivity contribution in [2.45, 2.75) is 13.0 Å². The largest absolute Gasteiger partial charge is 0.457 e. The summed E-state index contributed by atoms with van der Waals surface area (Å²) in [5, 5.41) is 4.05. The summed E-state index contributed by atoms with van der Waals surface area (Å²) in [6, 6.07) is 12.6. The Kier molecular flexibility index (Phi) is 6.00. The lowest BCUT2D eigenvalue weighted by Gasteiger charge is -2.16. The molecule has 3 aromatic heterocycles. The summed E-state index contributed by atoms with van der Waals surface area (Å²) in [7, 11) is 3.31. The molecule has 0 radical (unpaired) electrons. The average Bonchev–Trinajstić information content (AvgIpc) is 2.77. The van der Waals surface area contributed by atoms with Gasteiger partial charge in [0.25, 0.3) is 5.56 Å². The third kappa shape index (κ3) is 4.52. The molecule has 0 unspecified atom stereocenters. The van der Waals surface area contributed by atoms with Crippen LogP contribution in [0.15, 0.2) is 59.7 Å². The maximum absolute atomic E-state index is 12.9. The molecular weight excluding hydrogens is 408 g/mol. The van der Waals surface area contributed by atoms with Gasteiger partial charge in [-0.2, -0.15) is 0 Å². The van der Waals surface area contributed by atoms with Crippen LogP contribution in [-0.2, 0) is 11.8 Å². The van der Waals surface area contributed by atoms with Crippen molar-refractivity contribution in [2.75, 3.05) is 24.8 Å². The average molecular weight is 432 g/mol. The first-order chi connectivity index (χ1) is 15.4. The van der Waals surface area contributed by atoms with E-state index >= 15 is 0 Å². The number of methoxy groups -OCH3 is 1. The minimum atomic E-state index is -0.186. The molecule has 4 aromatic rings. The molecule has 0 amide bonds. The number of pyridine rings is 2. The Morgan fingerprint density at radius 1 is 1.12 bits per heavy atom. The predicted octanol–water partition coefficient (Wildman–Crippen LogP) is 3.21. The van der Waals surface area contributed by atoms with Crippen LogP contribution in [0.4, 0.5) is 11.8 Å². The van der Waals surface area contributed by atoms with E-state index in [4.69, 9.17) is 15.2 Å². The summed E-state index contributed by atoms with van der Waals surface area (Å²) < 4.78 is 12.5. The van der Waals surface area contributed by atoms with Gasteiger partial charge in [-0.25, -0.2) is 15.0 Å². The van der Waals surface area contributed by atoms with E-state index < -0.39 is 0 Å². The highest BCUT2D eigenvalue weighted by molar-refractivity contribution is 5.82. The Morgan fingerprint density at radius 3 is 2.72 bits per heavy atom. The first kappa shape index (κ1) is 21.3. The number of aromatic nitrogens is 4. The predicted molar refractivity (Wildman–Crippen MR) is 124 cm³/mol. The summed E-state index contributed by atoms with van der Waals surface area (Å²) in [5.74, 6) is 2.11. The van der Waals surface area contributed by atoms with E-state index in [-0.39, 0.29) is 11.6 Å². The number of rotatable bonds is 7. The van der Waals surface area contributed by atoms with Gasteiger partial charge in [0.1, 0.15) is 17.3 Å². The van der Waals surface area contributed by atoms with Crippen molar-refractivity contribution in [3.8, 4) is 22.8 Å². The molecule has 1 atom stereocenters. The second-order valence-electron chi connectivity index (χ2n) is 7.43. The molecule has 9 nitrogen and oxygen atoms in total. The molecule has 1 aromatic carbocycles. The smallest absolute Gasteiger partial charge is 0.264 e. The number of hydrogen-bond donors (Lipinski definition) is 2. The molecule has 0 aliphatic rings. The van der Waals surface area contributed by atoms with Crippen LogP contribution in [0.1, 0.15) is 6.92 Å². The molecule has 32 heavy (non-hydrogen) atoms. The van der Waals surface area contributed by atoms with E-state index in [0.717, 1.165) is 10.9 Å². The van der Waals surface area contributed by atoms with Crippen LogP contribution in [0.2, 0.25) is 0 Å². The fourth-order valence-electron chi connectivity index (χ4n) is 3.31. The van der Waals surface area contributed by atoms with Crippen LogP contribution < -0.4 is 21.3 Å². The molecule has 9 heteroatoms. The van der Waals surface area contributed by atoms with Gasteiger partial charge in [-0.3, -0.25) is 9.36 Å². The molecule has 0 bridgehead atoms. The third-order valence-corrected chi connectivity index (χ3v) is 4.89. The maximum Gasteiger partial charge on any atom is 0.264 e.